The van der Waals surface area contributed by atoms with Gasteiger partial charge in [-0.2, -0.15) is 5.10 Å². The molecule has 220 valence electrons. The molecule has 5 heterocycles. The second-order valence-corrected chi connectivity index (χ2v) is 12.1. The molecule has 0 spiro atoms. The van der Waals surface area contributed by atoms with Crippen molar-refractivity contribution >= 4 is 17.5 Å². The highest BCUT2D eigenvalue weighted by molar-refractivity contribution is 5.92. The maximum Gasteiger partial charge on any atom is 0.273 e. The van der Waals surface area contributed by atoms with Crippen molar-refractivity contribution in [3.63, 3.8) is 0 Å². The van der Waals surface area contributed by atoms with Crippen LogP contribution in [0.15, 0.2) is 49.1 Å². The van der Waals surface area contributed by atoms with Crippen LogP contribution in [-0.4, -0.2) is 71.3 Å². The van der Waals surface area contributed by atoms with Crippen molar-refractivity contribution < 1.29 is 9.53 Å². The standard InChI is InChI=1S/C30H38N10O2/c1-30(2,3)40-19-27(36-37-40)28(41)34-26-8-12-39(23-9-13-42-14-10-23)17-21-15-20(5-6-24(21)26)25-7-11-31-29(35-25)33-22-16-32-38(4)18-22/h5-7,11,15-16,18-19,23,26H,8-10,12-14,17H2,1-4H3,(H,34,41)(H,31,33,35)/t26-/m0/s1. The fourth-order valence-corrected chi connectivity index (χ4v) is 5.62. The van der Waals surface area contributed by atoms with Gasteiger partial charge in [-0.05, 0) is 63.3 Å². The molecule has 0 radical (unpaired) electrons. The Kier molecular flexibility index (Phi) is 7.74. The van der Waals surface area contributed by atoms with E-state index in [0.29, 0.717) is 17.7 Å². The molecule has 2 aliphatic heterocycles. The van der Waals surface area contributed by atoms with Gasteiger partial charge in [0.1, 0.15) is 0 Å². The van der Waals surface area contributed by atoms with E-state index in [0.717, 1.165) is 68.1 Å². The number of hydrogen-bond donors (Lipinski definition) is 2. The summed E-state index contributed by atoms with van der Waals surface area (Å²) in [5.41, 5.74) is 5.01. The second-order valence-electron chi connectivity index (χ2n) is 12.1. The summed E-state index contributed by atoms with van der Waals surface area (Å²) in [5, 5.41) is 19.0. The van der Waals surface area contributed by atoms with Crippen LogP contribution in [0.2, 0.25) is 0 Å². The normalized spacial score (nSPS) is 18.3. The first-order valence-electron chi connectivity index (χ1n) is 14.5. The predicted octanol–water partition coefficient (Wildman–Crippen LogP) is 3.82. The monoisotopic (exact) mass is 570 g/mol. The first-order chi connectivity index (χ1) is 20.2. The molecule has 4 aromatic rings. The maximum absolute atomic E-state index is 13.3. The molecule has 1 amide bonds. The van der Waals surface area contributed by atoms with E-state index in [1.807, 2.05) is 40.1 Å². The fraction of sp³-hybridized carbons (Fsp3) is 0.467. The number of ether oxygens (including phenoxy) is 1. The number of nitrogens with zero attached hydrogens (tertiary/aromatic N) is 8. The van der Waals surface area contributed by atoms with Gasteiger partial charge in [0.25, 0.3) is 5.91 Å². The van der Waals surface area contributed by atoms with Crippen molar-refractivity contribution in [3.05, 3.63) is 65.9 Å². The number of nitrogens with one attached hydrogen (secondary N) is 2. The fourth-order valence-electron chi connectivity index (χ4n) is 5.62. The molecule has 12 nitrogen and oxygen atoms in total. The van der Waals surface area contributed by atoms with Crippen molar-refractivity contribution in [1.29, 1.82) is 0 Å². The number of hydrogen-bond acceptors (Lipinski definition) is 9. The second kappa shape index (κ2) is 11.6. The summed E-state index contributed by atoms with van der Waals surface area (Å²) in [6.45, 7) is 9.33. The van der Waals surface area contributed by atoms with Crippen LogP contribution in [0, 0.1) is 0 Å². The summed E-state index contributed by atoms with van der Waals surface area (Å²) in [5.74, 6) is 0.291. The van der Waals surface area contributed by atoms with E-state index in [9.17, 15) is 4.79 Å². The molecule has 3 aromatic heterocycles. The molecular weight excluding hydrogens is 532 g/mol. The van der Waals surface area contributed by atoms with Gasteiger partial charge in [-0.25, -0.2) is 14.6 Å². The third-order valence-electron chi connectivity index (χ3n) is 7.94. The molecule has 1 aromatic carbocycles. The molecule has 2 aliphatic rings. The number of rotatable bonds is 6. The average Bonchev–Trinajstić information content (AvgIpc) is 3.61. The van der Waals surface area contributed by atoms with Crippen LogP contribution in [0.25, 0.3) is 11.3 Å². The minimum atomic E-state index is -0.255. The van der Waals surface area contributed by atoms with E-state index in [1.165, 1.54) is 5.56 Å². The Labute approximate surface area is 245 Å². The van der Waals surface area contributed by atoms with Gasteiger partial charge >= 0.3 is 0 Å². The molecule has 42 heavy (non-hydrogen) atoms. The topological polar surface area (TPSA) is 128 Å². The molecule has 6 rings (SSSR count). The number of aromatic nitrogens is 7. The highest BCUT2D eigenvalue weighted by atomic mass is 16.5. The number of carbonyl (C=O) groups is 1. The first-order valence-corrected chi connectivity index (χ1v) is 14.5. The van der Waals surface area contributed by atoms with Gasteiger partial charge in [0.15, 0.2) is 5.69 Å². The Hall–Kier alpha value is -4.16. The summed E-state index contributed by atoms with van der Waals surface area (Å²) in [4.78, 5) is 25.1. The van der Waals surface area contributed by atoms with E-state index >= 15 is 0 Å². The number of amides is 1. The van der Waals surface area contributed by atoms with Crippen molar-refractivity contribution in [3.8, 4) is 11.3 Å². The van der Waals surface area contributed by atoms with Gasteiger partial charge in [0.2, 0.25) is 5.95 Å². The Bertz CT molecular complexity index is 1550. The lowest BCUT2D eigenvalue weighted by atomic mass is 9.96. The minimum absolute atomic E-state index is 0.153. The molecule has 12 heteroatoms. The van der Waals surface area contributed by atoms with Crippen molar-refractivity contribution in [1.82, 2.24) is 45.0 Å². The lowest BCUT2D eigenvalue weighted by Crippen LogP contribution is -2.39. The lowest BCUT2D eigenvalue weighted by Gasteiger charge is -2.33. The zero-order valence-electron chi connectivity index (χ0n) is 24.6. The van der Waals surface area contributed by atoms with Crippen LogP contribution in [0.1, 0.15) is 67.7 Å². The average molecular weight is 571 g/mol. The Balaban J connectivity index is 1.29. The summed E-state index contributed by atoms with van der Waals surface area (Å²) in [7, 11) is 1.87. The quantitative estimate of drug-likeness (QED) is 0.356. The number of fused-ring (bicyclic) bond motifs is 1. The highest BCUT2D eigenvalue weighted by Crippen LogP contribution is 2.33. The Morgan fingerprint density at radius 2 is 1.93 bits per heavy atom. The van der Waals surface area contributed by atoms with Gasteiger partial charge in [-0.15, -0.1) is 5.10 Å². The Morgan fingerprint density at radius 1 is 1.10 bits per heavy atom. The molecule has 0 saturated carbocycles. The van der Waals surface area contributed by atoms with Crippen molar-refractivity contribution in [2.75, 3.05) is 25.1 Å². The molecule has 1 saturated heterocycles. The number of carbonyl (C=O) groups excluding carboxylic acids is 1. The van der Waals surface area contributed by atoms with Crippen LogP contribution in [0.3, 0.4) is 0 Å². The summed E-state index contributed by atoms with van der Waals surface area (Å²) in [6.07, 6.45) is 9.91. The summed E-state index contributed by atoms with van der Waals surface area (Å²) in [6, 6.07) is 8.63. The van der Waals surface area contributed by atoms with Gasteiger partial charge < -0.3 is 15.4 Å². The molecule has 2 N–H and O–H groups in total. The first kappa shape index (κ1) is 28.0. The van der Waals surface area contributed by atoms with Crippen LogP contribution >= 0.6 is 0 Å². The SMILES string of the molecule is Cn1cc(Nc2nccc(-c3ccc4c(c3)CN(C3CCOCC3)CC[C@@H]4NC(=O)c3cn(C(C)(C)C)nn3)n2)cn1. The summed E-state index contributed by atoms with van der Waals surface area (Å²) < 4.78 is 9.10. The Morgan fingerprint density at radius 3 is 2.67 bits per heavy atom. The maximum atomic E-state index is 13.3. The van der Waals surface area contributed by atoms with Crippen LogP contribution < -0.4 is 10.6 Å². The van der Waals surface area contributed by atoms with Crippen LogP contribution in [0.4, 0.5) is 11.6 Å². The molecule has 0 unspecified atom stereocenters. The third kappa shape index (κ3) is 6.19. The molecule has 0 bridgehead atoms. The van der Waals surface area contributed by atoms with E-state index in [4.69, 9.17) is 9.72 Å². The van der Waals surface area contributed by atoms with Gasteiger partial charge in [0.05, 0.1) is 35.4 Å². The number of anilines is 2. The van der Waals surface area contributed by atoms with Gasteiger partial charge in [-0.3, -0.25) is 14.4 Å². The molecule has 0 aliphatic carbocycles. The van der Waals surface area contributed by atoms with Gasteiger partial charge in [-0.1, -0.05) is 17.3 Å². The van der Waals surface area contributed by atoms with Gasteiger partial charge in [0, 0.05) is 57.3 Å². The number of benzene rings is 1. The largest absolute Gasteiger partial charge is 0.381 e. The van der Waals surface area contributed by atoms with E-state index in [1.54, 1.807) is 28.0 Å². The number of aryl methyl sites for hydroxylation is 1. The highest BCUT2D eigenvalue weighted by Gasteiger charge is 2.30. The van der Waals surface area contributed by atoms with E-state index < -0.39 is 0 Å². The van der Waals surface area contributed by atoms with Crippen molar-refractivity contribution in [2.24, 2.45) is 7.05 Å². The molecule has 1 atom stereocenters. The van der Waals surface area contributed by atoms with Crippen LogP contribution in [-0.2, 0) is 23.9 Å². The third-order valence-corrected chi connectivity index (χ3v) is 7.94. The molecule has 1 fully saturated rings. The zero-order chi connectivity index (χ0) is 29.3. The molecular formula is C30H38N10O2. The summed E-state index contributed by atoms with van der Waals surface area (Å²) >= 11 is 0. The van der Waals surface area contributed by atoms with E-state index in [2.05, 4.69) is 54.1 Å². The predicted molar refractivity (Wildman–Crippen MR) is 158 cm³/mol. The lowest BCUT2D eigenvalue weighted by molar-refractivity contribution is 0.0309. The van der Waals surface area contributed by atoms with Crippen LogP contribution in [0.5, 0.6) is 0 Å². The van der Waals surface area contributed by atoms with E-state index in [-0.39, 0.29) is 17.5 Å². The van der Waals surface area contributed by atoms with Crippen molar-refractivity contribution in [2.45, 2.75) is 64.2 Å². The zero-order valence-corrected chi connectivity index (χ0v) is 24.6. The smallest absolute Gasteiger partial charge is 0.273 e. The minimum Gasteiger partial charge on any atom is -0.381 e.